The molecule has 5 heteroatoms. The van der Waals surface area contributed by atoms with Crippen molar-refractivity contribution >= 4 is 33.4 Å². The van der Waals surface area contributed by atoms with Crippen LogP contribution in [0.25, 0.3) is 33.1 Å². The van der Waals surface area contributed by atoms with Gasteiger partial charge in [0.2, 0.25) is 0 Å². The minimum atomic E-state index is -0.324. The highest BCUT2D eigenvalue weighted by Gasteiger charge is 2.16. The molecular weight excluding hydrogens is 324 g/mol. The van der Waals surface area contributed by atoms with Crippen LogP contribution in [0.4, 0.5) is 0 Å². The van der Waals surface area contributed by atoms with E-state index < -0.39 is 0 Å². The van der Waals surface area contributed by atoms with Crippen LogP contribution in [-0.2, 0) is 0 Å². The van der Waals surface area contributed by atoms with Crippen LogP contribution in [0, 0.1) is 0 Å². The number of hydrogen-bond donors (Lipinski definition) is 2. The maximum Gasteiger partial charge on any atom is 0.289 e. The summed E-state index contributed by atoms with van der Waals surface area (Å²) in [5, 5.41) is 6.03. The number of amides is 1. The smallest absolute Gasteiger partial charge is 0.289 e. The normalized spacial score (nSPS) is 10.8. The highest BCUT2D eigenvalue weighted by atomic mass is 16.2. The Hall–Kier alpha value is -3.47. The van der Waals surface area contributed by atoms with Crippen molar-refractivity contribution in [3.63, 3.8) is 0 Å². The van der Waals surface area contributed by atoms with Gasteiger partial charge in [0.1, 0.15) is 5.69 Å². The molecule has 5 nitrogen and oxygen atoms in total. The van der Waals surface area contributed by atoms with Crippen LogP contribution in [0.5, 0.6) is 0 Å². The maximum absolute atomic E-state index is 12.5. The SMILES string of the molecule is CC(C)=NNC(=O)c1cc2c([nH]c3ccccc32)c(-c2ccccc2)n1. The van der Waals surface area contributed by atoms with Gasteiger partial charge >= 0.3 is 0 Å². The summed E-state index contributed by atoms with van der Waals surface area (Å²) in [6.45, 7) is 3.65. The summed E-state index contributed by atoms with van der Waals surface area (Å²) in [4.78, 5) is 20.6. The van der Waals surface area contributed by atoms with E-state index in [4.69, 9.17) is 0 Å². The number of hydrogen-bond acceptors (Lipinski definition) is 3. The fourth-order valence-corrected chi connectivity index (χ4v) is 2.99. The number of rotatable bonds is 3. The molecule has 4 aromatic rings. The molecule has 2 heterocycles. The molecule has 0 radical (unpaired) electrons. The molecule has 0 fully saturated rings. The number of aromatic nitrogens is 2. The van der Waals surface area contributed by atoms with Crippen LogP contribution in [0.1, 0.15) is 24.3 Å². The Morgan fingerprint density at radius 1 is 1.00 bits per heavy atom. The molecule has 2 aromatic carbocycles. The van der Waals surface area contributed by atoms with Crippen molar-refractivity contribution in [2.45, 2.75) is 13.8 Å². The first-order valence-corrected chi connectivity index (χ1v) is 8.41. The van der Waals surface area contributed by atoms with Crippen molar-refractivity contribution in [3.05, 3.63) is 66.4 Å². The molecule has 0 saturated heterocycles. The molecule has 0 unspecified atom stereocenters. The zero-order valence-corrected chi connectivity index (χ0v) is 14.6. The average Bonchev–Trinajstić information content (AvgIpc) is 3.04. The summed E-state index contributed by atoms with van der Waals surface area (Å²) < 4.78 is 0. The molecule has 26 heavy (non-hydrogen) atoms. The number of pyridine rings is 1. The monoisotopic (exact) mass is 342 g/mol. The lowest BCUT2D eigenvalue weighted by atomic mass is 10.1. The maximum atomic E-state index is 12.5. The Labute approximate surface area is 150 Å². The predicted octanol–water partition coefficient (Wildman–Crippen LogP) is 4.51. The van der Waals surface area contributed by atoms with Crippen LogP contribution >= 0.6 is 0 Å². The zero-order valence-electron chi connectivity index (χ0n) is 14.6. The van der Waals surface area contributed by atoms with Crippen molar-refractivity contribution in [2.75, 3.05) is 0 Å². The summed E-state index contributed by atoms with van der Waals surface area (Å²) in [5.74, 6) is -0.324. The minimum absolute atomic E-state index is 0.324. The Morgan fingerprint density at radius 2 is 1.73 bits per heavy atom. The molecule has 0 aliphatic rings. The number of aromatic amines is 1. The van der Waals surface area contributed by atoms with Gasteiger partial charge in [-0.2, -0.15) is 5.10 Å². The highest BCUT2D eigenvalue weighted by Crippen LogP contribution is 2.32. The van der Waals surface area contributed by atoms with E-state index in [1.54, 1.807) is 0 Å². The van der Waals surface area contributed by atoms with Gasteiger partial charge in [-0.25, -0.2) is 10.4 Å². The van der Waals surface area contributed by atoms with E-state index in [0.29, 0.717) is 5.69 Å². The quantitative estimate of drug-likeness (QED) is 0.425. The number of nitrogens with zero attached hydrogens (tertiary/aromatic N) is 2. The zero-order chi connectivity index (χ0) is 18.1. The standard InChI is InChI=1S/C21H18N4O/c1-13(2)24-25-21(26)18-12-16-15-10-6-7-11-17(15)22-20(16)19(23-18)14-8-4-3-5-9-14/h3-12,22H,1-2H3,(H,25,26). The highest BCUT2D eigenvalue weighted by molar-refractivity contribution is 6.13. The lowest BCUT2D eigenvalue weighted by Crippen LogP contribution is -2.20. The van der Waals surface area contributed by atoms with Gasteiger partial charge in [-0.05, 0) is 26.0 Å². The fraction of sp³-hybridized carbons (Fsp3) is 0.0952. The molecule has 0 aliphatic carbocycles. The van der Waals surface area contributed by atoms with Crippen molar-refractivity contribution in [3.8, 4) is 11.3 Å². The Morgan fingerprint density at radius 3 is 2.50 bits per heavy atom. The minimum Gasteiger partial charge on any atom is -0.353 e. The number of carbonyl (C=O) groups excluding carboxylic acids is 1. The average molecular weight is 342 g/mol. The number of H-pyrrole nitrogens is 1. The van der Waals surface area contributed by atoms with Crippen LogP contribution in [0.2, 0.25) is 0 Å². The number of para-hydroxylation sites is 1. The summed E-state index contributed by atoms with van der Waals surface area (Å²) in [7, 11) is 0. The molecule has 0 atom stereocenters. The molecule has 128 valence electrons. The van der Waals surface area contributed by atoms with Gasteiger partial charge in [0.15, 0.2) is 0 Å². The number of fused-ring (bicyclic) bond motifs is 3. The molecule has 0 aliphatic heterocycles. The van der Waals surface area contributed by atoms with Crippen molar-refractivity contribution in [1.29, 1.82) is 0 Å². The Kier molecular flexibility index (Phi) is 3.97. The summed E-state index contributed by atoms with van der Waals surface area (Å²) in [5.41, 5.74) is 7.31. The first-order valence-electron chi connectivity index (χ1n) is 8.41. The third kappa shape index (κ3) is 2.84. The predicted molar refractivity (Wildman–Crippen MR) is 105 cm³/mol. The van der Waals surface area contributed by atoms with Crippen LogP contribution in [0.3, 0.4) is 0 Å². The fourth-order valence-electron chi connectivity index (χ4n) is 2.99. The third-order valence-corrected chi connectivity index (χ3v) is 4.16. The second-order valence-electron chi connectivity index (χ2n) is 6.32. The molecular formula is C21H18N4O. The molecule has 2 N–H and O–H groups in total. The molecule has 0 saturated carbocycles. The van der Waals surface area contributed by atoms with Gasteiger partial charge in [-0.15, -0.1) is 0 Å². The van der Waals surface area contributed by atoms with E-state index in [9.17, 15) is 4.79 Å². The number of benzene rings is 2. The van der Waals surface area contributed by atoms with Crippen LogP contribution in [-0.4, -0.2) is 21.6 Å². The summed E-state index contributed by atoms with van der Waals surface area (Å²) in [6, 6.07) is 19.7. The van der Waals surface area contributed by atoms with Crippen molar-refractivity contribution < 1.29 is 4.79 Å². The van der Waals surface area contributed by atoms with E-state index in [1.165, 1.54) is 0 Å². The molecule has 0 spiro atoms. The second-order valence-corrected chi connectivity index (χ2v) is 6.32. The van der Waals surface area contributed by atoms with Gasteiger partial charge < -0.3 is 4.98 Å². The summed E-state index contributed by atoms with van der Waals surface area (Å²) in [6.07, 6.45) is 0. The van der Waals surface area contributed by atoms with Crippen LogP contribution < -0.4 is 5.43 Å². The molecule has 0 bridgehead atoms. The lowest BCUT2D eigenvalue weighted by molar-refractivity contribution is 0.0950. The number of carbonyl (C=O) groups is 1. The summed E-state index contributed by atoms with van der Waals surface area (Å²) >= 11 is 0. The second kappa shape index (κ2) is 6.44. The third-order valence-electron chi connectivity index (χ3n) is 4.16. The van der Waals surface area contributed by atoms with E-state index >= 15 is 0 Å². The topological polar surface area (TPSA) is 70.1 Å². The Balaban J connectivity index is 1.98. The van der Waals surface area contributed by atoms with Gasteiger partial charge in [0.25, 0.3) is 5.91 Å². The van der Waals surface area contributed by atoms with Crippen molar-refractivity contribution in [2.24, 2.45) is 5.10 Å². The first kappa shape index (κ1) is 16.0. The molecule has 4 rings (SSSR count). The van der Waals surface area contributed by atoms with Gasteiger partial charge in [-0.1, -0.05) is 48.5 Å². The van der Waals surface area contributed by atoms with E-state index in [2.05, 4.69) is 20.5 Å². The van der Waals surface area contributed by atoms with Gasteiger partial charge in [0.05, 0.1) is 11.2 Å². The van der Waals surface area contributed by atoms with Gasteiger partial charge in [-0.3, -0.25) is 4.79 Å². The van der Waals surface area contributed by atoms with Crippen LogP contribution in [0.15, 0.2) is 65.8 Å². The van der Waals surface area contributed by atoms with Gasteiger partial charge in [0, 0.05) is 27.6 Å². The van der Waals surface area contributed by atoms with Crippen molar-refractivity contribution in [1.82, 2.24) is 15.4 Å². The van der Waals surface area contributed by atoms with E-state index in [1.807, 2.05) is 74.5 Å². The first-order chi connectivity index (χ1) is 12.6. The molecule has 2 aromatic heterocycles. The van der Waals surface area contributed by atoms with E-state index in [-0.39, 0.29) is 5.91 Å². The van der Waals surface area contributed by atoms with E-state index in [0.717, 1.165) is 38.8 Å². The number of hydrazone groups is 1. The number of nitrogens with one attached hydrogen (secondary N) is 2. The Bertz CT molecular complexity index is 1140. The lowest BCUT2D eigenvalue weighted by Gasteiger charge is -2.07. The molecule has 1 amide bonds. The largest absolute Gasteiger partial charge is 0.353 e.